The van der Waals surface area contributed by atoms with E-state index in [4.69, 9.17) is 4.42 Å². The number of hydrogen-bond donors (Lipinski definition) is 0. The number of pyridine rings is 1. The lowest BCUT2D eigenvalue weighted by Crippen LogP contribution is -2.30. The SMILES string of the molecule is CCN(C(=O)c1cc2cc3ccc(C)cc3nc2o1)c1ccc(C)c(C)c1. The van der Waals surface area contributed by atoms with E-state index in [2.05, 4.69) is 24.9 Å². The molecule has 2 heterocycles. The molecule has 4 heteroatoms. The second-order valence-corrected chi connectivity index (χ2v) is 7.01. The Hall–Kier alpha value is -3.14. The first-order valence-electron chi connectivity index (χ1n) is 9.16. The Morgan fingerprint density at radius 1 is 0.963 bits per heavy atom. The van der Waals surface area contributed by atoms with Gasteiger partial charge in [0.15, 0.2) is 5.76 Å². The monoisotopic (exact) mass is 358 g/mol. The normalized spacial score (nSPS) is 11.3. The maximum atomic E-state index is 13.1. The zero-order valence-electron chi connectivity index (χ0n) is 16.0. The molecule has 136 valence electrons. The number of aromatic nitrogens is 1. The van der Waals surface area contributed by atoms with Gasteiger partial charge in [-0.3, -0.25) is 4.79 Å². The number of carbonyl (C=O) groups is 1. The van der Waals surface area contributed by atoms with Gasteiger partial charge in [-0.2, -0.15) is 0 Å². The van der Waals surface area contributed by atoms with Crippen molar-refractivity contribution in [2.45, 2.75) is 27.7 Å². The summed E-state index contributed by atoms with van der Waals surface area (Å²) < 4.78 is 5.83. The zero-order chi connectivity index (χ0) is 19.1. The molecule has 0 saturated carbocycles. The van der Waals surface area contributed by atoms with Gasteiger partial charge in [0.05, 0.1) is 5.52 Å². The molecule has 2 aromatic heterocycles. The van der Waals surface area contributed by atoms with Crippen molar-refractivity contribution in [1.29, 1.82) is 0 Å². The van der Waals surface area contributed by atoms with E-state index in [1.54, 1.807) is 11.0 Å². The highest BCUT2D eigenvalue weighted by molar-refractivity contribution is 6.06. The van der Waals surface area contributed by atoms with Gasteiger partial charge >= 0.3 is 0 Å². The van der Waals surface area contributed by atoms with Crippen molar-refractivity contribution in [3.8, 4) is 0 Å². The lowest BCUT2D eigenvalue weighted by molar-refractivity contribution is 0.0963. The first-order chi connectivity index (χ1) is 13.0. The van der Waals surface area contributed by atoms with Gasteiger partial charge in [-0.1, -0.05) is 18.2 Å². The number of hydrogen-bond acceptors (Lipinski definition) is 3. The van der Waals surface area contributed by atoms with Gasteiger partial charge in [-0.25, -0.2) is 4.98 Å². The Bertz CT molecular complexity index is 1170. The molecule has 4 aromatic rings. The maximum Gasteiger partial charge on any atom is 0.294 e. The molecule has 0 bridgehead atoms. The lowest BCUT2D eigenvalue weighted by Gasteiger charge is -2.20. The Labute approximate surface area is 158 Å². The van der Waals surface area contributed by atoms with Crippen molar-refractivity contribution < 1.29 is 9.21 Å². The molecule has 1 amide bonds. The molecule has 0 aliphatic heterocycles. The van der Waals surface area contributed by atoms with Crippen LogP contribution in [0.5, 0.6) is 0 Å². The average Bonchev–Trinajstić information content (AvgIpc) is 3.06. The van der Waals surface area contributed by atoms with Gasteiger partial charge in [0.1, 0.15) is 0 Å². The Balaban J connectivity index is 1.76. The zero-order valence-corrected chi connectivity index (χ0v) is 16.0. The van der Waals surface area contributed by atoms with Gasteiger partial charge in [0.25, 0.3) is 5.91 Å². The average molecular weight is 358 g/mol. The second-order valence-electron chi connectivity index (χ2n) is 7.01. The number of furan rings is 1. The summed E-state index contributed by atoms with van der Waals surface area (Å²) in [5, 5.41) is 1.88. The smallest absolute Gasteiger partial charge is 0.294 e. The molecule has 0 saturated heterocycles. The van der Waals surface area contributed by atoms with Gasteiger partial charge in [-0.15, -0.1) is 0 Å². The first kappa shape index (κ1) is 17.3. The fourth-order valence-electron chi connectivity index (χ4n) is 3.31. The molecule has 0 radical (unpaired) electrons. The number of anilines is 1. The summed E-state index contributed by atoms with van der Waals surface area (Å²) in [5.74, 6) is 0.156. The van der Waals surface area contributed by atoms with Crippen LogP contribution in [0.1, 0.15) is 34.2 Å². The molecule has 0 fully saturated rings. The predicted molar refractivity (Wildman–Crippen MR) is 110 cm³/mol. The summed E-state index contributed by atoms with van der Waals surface area (Å²) in [4.78, 5) is 19.4. The van der Waals surface area contributed by atoms with Crippen LogP contribution in [0.25, 0.3) is 22.0 Å². The van der Waals surface area contributed by atoms with Crippen molar-refractivity contribution in [2.75, 3.05) is 11.4 Å². The molecule has 0 atom stereocenters. The highest BCUT2D eigenvalue weighted by Gasteiger charge is 2.21. The molecule has 0 aliphatic carbocycles. The lowest BCUT2D eigenvalue weighted by atomic mass is 10.1. The van der Waals surface area contributed by atoms with Crippen LogP contribution in [-0.4, -0.2) is 17.4 Å². The van der Waals surface area contributed by atoms with Gasteiger partial charge in [0.2, 0.25) is 5.71 Å². The van der Waals surface area contributed by atoms with Crippen molar-refractivity contribution in [3.05, 3.63) is 71.0 Å². The van der Waals surface area contributed by atoms with Crippen LogP contribution in [-0.2, 0) is 0 Å². The van der Waals surface area contributed by atoms with E-state index in [0.29, 0.717) is 18.0 Å². The van der Waals surface area contributed by atoms with E-state index in [1.807, 2.05) is 50.2 Å². The third kappa shape index (κ3) is 3.08. The molecule has 27 heavy (non-hydrogen) atoms. The summed E-state index contributed by atoms with van der Waals surface area (Å²) in [6, 6.07) is 16.0. The fraction of sp³-hybridized carbons (Fsp3) is 0.217. The molecular formula is C23H22N2O2. The molecule has 2 aromatic carbocycles. The summed E-state index contributed by atoms with van der Waals surface area (Å²) in [6.45, 7) is 8.67. The van der Waals surface area contributed by atoms with E-state index in [-0.39, 0.29) is 5.91 Å². The minimum absolute atomic E-state index is 0.154. The summed E-state index contributed by atoms with van der Waals surface area (Å²) in [6.07, 6.45) is 0. The summed E-state index contributed by atoms with van der Waals surface area (Å²) in [7, 11) is 0. The number of aryl methyl sites for hydroxylation is 3. The van der Waals surface area contributed by atoms with Crippen LogP contribution in [0.15, 0.2) is 52.9 Å². The molecule has 4 rings (SSSR count). The Morgan fingerprint density at radius 3 is 2.52 bits per heavy atom. The maximum absolute atomic E-state index is 13.1. The molecule has 4 nitrogen and oxygen atoms in total. The molecule has 0 spiro atoms. The number of benzene rings is 2. The van der Waals surface area contributed by atoms with Crippen LogP contribution in [0, 0.1) is 20.8 Å². The van der Waals surface area contributed by atoms with E-state index >= 15 is 0 Å². The van der Waals surface area contributed by atoms with Gasteiger partial charge in [-0.05, 0) is 74.7 Å². The van der Waals surface area contributed by atoms with Crippen molar-refractivity contribution in [1.82, 2.24) is 4.98 Å². The third-order valence-electron chi connectivity index (χ3n) is 5.03. The molecule has 0 unspecified atom stereocenters. The number of carbonyl (C=O) groups excluding carboxylic acids is 1. The van der Waals surface area contributed by atoms with E-state index in [1.165, 1.54) is 5.56 Å². The third-order valence-corrected chi connectivity index (χ3v) is 5.03. The highest BCUT2D eigenvalue weighted by atomic mass is 16.4. The summed E-state index contributed by atoms with van der Waals surface area (Å²) in [5.41, 5.74) is 5.75. The standard InChI is InChI=1S/C23H22N2O2/c1-5-25(19-9-7-15(3)16(4)11-19)23(26)21-13-18-12-17-8-6-14(2)10-20(17)24-22(18)27-21/h6-13H,5H2,1-4H3. The van der Waals surface area contributed by atoms with Crippen molar-refractivity contribution in [3.63, 3.8) is 0 Å². The fourth-order valence-corrected chi connectivity index (χ4v) is 3.31. The van der Waals surface area contributed by atoms with E-state index < -0.39 is 0 Å². The Kier molecular flexibility index (Phi) is 4.19. The van der Waals surface area contributed by atoms with Crippen molar-refractivity contribution >= 4 is 33.6 Å². The quantitative estimate of drug-likeness (QED) is 0.481. The number of rotatable bonds is 3. The number of fused-ring (bicyclic) bond motifs is 2. The second kappa shape index (κ2) is 6.54. The topological polar surface area (TPSA) is 46.3 Å². The first-order valence-corrected chi connectivity index (χ1v) is 9.16. The van der Waals surface area contributed by atoms with Crippen molar-refractivity contribution in [2.24, 2.45) is 0 Å². The van der Waals surface area contributed by atoms with Gasteiger partial charge < -0.3 is 9.32 Å². The number of amides is 1. The van der Waals surface area contributed by atoms with Crippen LogP contribution in [0.4, 0.5) is 5.69 Å². The largest absolute Gasteiger partial charge is 0.433 e. The van der Waals surface area contributed by atoms with E-state index in [0.717, 1.165) is 33.1 Å². The minimum atomic E-state index is -0.154. The van der Waals surface area contributed by atoms with E-state index in [9.17, 15) is 4.79 Å². The van der Waals surface area contributed by atoms with Crippen LogP contribution in [0.2, 0.25) is 0 Å². The predicted octanol–water partition coefficient (Wildman–Crippen LogP) is 5.57. The molecular weight excluding hydrogens is 336 g/mol. The van der Waals surface area contributed by atoms with Crippen LogP contribution in [0.3, 0.4) is 0 Å². The summed E-state index contributed by atoms with van der Waals surface area (Å²) >= 11 is 0. The minimum Gasteiger partial charge on any atom is -0.433 e. The number of nitrogens with zero attached hydrogens (tertiary/aromatic N) is 2. The van der Waals surface area contributed by atoms with Crippen LogP contribution >= 0.6 is 0 Å². The highest BCUT2D eigenvalue weighted by Crippen LogP contribution is 2.26. The van der Waals surface area contributed by atoms with Gasteiger partial charge in [0, 0.05) is 23.0 Å². The molecule has 0 aliphatic rings. The van der Waals surface area contributed by atoms with Crippen LogP contribution < -0.4 is 4.90 Å². The molecule has 0 N–H and O–H groups in total. The Morgan fingerprint density at radius 2 is 1.78 bits per heavy atom.